The molecule has 0 spiro atoms. The molecule has 13 nitrogen and oxygen atoms in total. The van der Waals surface area contributed by atoms with Gasteiger partial charge in [-0.05, 0) is 126 Å². The van der Waals surface area contributed by atoms with Crippen molar-refractivity contribution < 1.29 is 102 Å². The molecule has 0 radical (unpaired) electrons. The molecule has 3 amide bonds. The van der Waals surface area contributed by atoms with Crippen molar-refractivity contribution in [2.45, 2.75) is 225 Å². The van der Waals surface area contributed by atoms with Gasteiger partial charge in [-0.25, -0.2) is 13.2 Å². The Morgan fingerprint density at radius 3 is 1.18 bits per heavy atom. The van der Waals surface area contributed by atoms with E-state index in [0.717, 1.165) is 103 Å². The van der Waals surface area contributed by atoms with Crippen molar-refractivity contribution >= 4 is 63.3 Å². The minimum absolute atomic E-state index is 0. The predicted octanol–water partition coefficient (Wildman–Crippen LogP) is 8.42. The van der Waals surface area contributed by atoms with E-state index in [-0.39, 0.29) is 145 Å². The number of benzene rings is 3. The van der Waals surface area contributed by atoms with Crippen molar-refractivity contribution in [1.29, 1.82) is 0 Å². The van der Waals surface area contributed by atoms with Gasteiger partial charge in [-0.15, -0.1) is 12.4 Å². The summed E-state index contributed by atoms with van der Waals surface area (Å²) in [6.45, 7) is 19.7. The van der Waals surface area contributed by atoms with E-state index >= 15 is 0 Å². The largest absolute Gasteiger partial charge is 2.00 e. The summed E-state index contributed by atoms with van der Waals surface area (Å²) >= 11 is 0. The quantitative estimate of drug-likeness (QED) is 0.0533. The third-order valence-corrected chi connectivity index (χ3v) is 14.3. The fourth-order valence-corrected chi connectivity index (χ4v) is 7.67. The van der Waals surface area contributed by atoms with Crippen LogP contribution in [0.2, 0.25) is 0 Å². The molecule has 0 bridgehead atoms. The first kappa shape index (κ1) is 94.3. The van der Waals surface area contributed by atoms with Crippen molar-refractivity contribution in [3.63, 3.8) is 0 Å². The van der Waals surface area contributed by atoms with Gasteiger partial charge in [0.25, 0.3) is 0 Å². The second-order valence-electron chi connectivity index (χ2n) is 23.8. The summed E-state index contributed by atoms with van der Waals surface area (Å²) in [5.74, 6) is -0.0169. The summed E-state index contributed by atoms with van der Waals surface area (Å²) in [7, 11) is -5.84. The van der Waals surface area contributed by atoms with E-state index in [9.17, 15) is 40.7 Å². The average Bonchev–Trinajstić information content (AvgIpc) is 1.59. The Bertz CT molecular complexity index is 2250. The maximum atomic E-state index is 12.8. The van der Waals surface area contributed by atoms with Crippen LogP contribution in [-0.2, 0) is 44.1 Å². The molecule has 5 saturated heterocycles. The zero-order chi connectivity index (χ0) is 61.7. The van der Waals surface area contributed by atoms with Gasteiger partial charge in [0, 0.05) is 89.4 Å². The van der Waals surface area contributed by atoms with Gasteiger partial charge in [0.1, 0.15) is 17.5 Å². The molecule has 0 atom stereocenters. The number of rotatable bonds is 6. The Hall–Kier alpha value is -2.06. The molecule has 3 aromatic rings. The fourth-order valence-electron chi connectivity index (χ4n) is 7.67. The van der Waals surface area contributed by atoms with Crippen LogP contribution in [0.25, 0.3) is 0 Å². The Balaban J connectivity index is -0.000000311. The molecule has 5 aliphatic heterocycles. The van der Waals surface area contributed by atoms with E-state index in [1.807, 2.05) is 29.2 Å². The fraction of sp³-hybridized carbons (Fsp3) is 0.667. The predicted molar refractivity (Wildman–Crippen MR) is 351 cm³/mol. The first-order valence-corrected chi connectivity index (χ1v) is 32.4. The Kier molecular flexibility index (Phi) is 55.7. The van der Waals surface area contributed by atoms with E-state index in [1.54, 1.807) is 24.3 Å². The second-order valence-corrected chi connectivity index (χ2v) is 25.2. The van der Waals surface area contributed by atoms with Gasteiger partial charge >= 0.3 is 68.2 Å². The van der Waals surface area contributed by atoms with Crippen LogP contribution in [-0.4, -0.2) is 144 Å². The number of alkyl halides is 3. The van der Waals surface area contributed by atoms with E-state index in [4.69, 9.17) is 13.0 Å². The van der Waals surface area contributed by atoms with Gasteiger partial charge in [0.15, 0.2) is 0 Å². The molecule has 5 saturated carbocycles. The zero-order valence-corrected chi connectivity index (χ0v) is 61.0. The normalized spacial score (nSPS) is 18.8. The van der Waals surface area contributed by atoms with Gasteiger partial charge in [-0.1, -0.05) is 147 Å². The molecule has 10 aliphatic rings. The van der Waals surface area contributed by atoms with E-state index in [0.29, 0.717) is 19.5 Å². The molecular formula is C66H110BrClF6MgN7NaO6S. The SMILES string of the molecule is C.C1CC1.C1CC1.C1CC1.C1CC1.C1CC1.CC1(C)CCCCN1Cc1ccc(F)cc1.CC1(C)CNCCN1Cc1ccc(F)cc1.Cl.O=C1CCCCN1.O=C1CCCCN1Cc1ccc(F)cc1.O=C1CNCCN1.O=S(=O)(O)C(F)(F)F.[Br-].[CH3-].[H-].[Mg+2].[Na+]. The summed E-state index contributed by atoms with van der Waals surface area (Å²) in [6.07, 6.45) is 32.1. The van der Waals surface area contributed by atoms with Crippen LogP contribution in [0.15, 0.2) is 72.8 Å². The number of piperidine rings is 3. The molecule has 3 aromatic carbocycles. The van der Waals surface area contributed by atoms with Crippen molar-refractivity contribution in [1.82, 2.24) is 36.0 Å². The van der Waals surface area contributed by atoms with E-state index in [1.165, 1.54) is 151 Å². The molecule has 5 N–H and O–H groups in total. The first-order valence-electron chi connectivity index (χ1n) is 30.9. The topological polar surface area (TPSA) is 163 Å². The van der Waals surface area contributed by atoms with Gasteiger partial charge in [0.05, 0.1) is 6.54 Å². The standard InChI is InChI=1S/C14H20FN.C13H19FN2.C12H14FNO.C5H9NO.C4H8N2O.5C3H6.CHF3O3S.CH4.CH3.BrH.ClH.Mg.Na.H/c1-14(2)9-3-4-10-16(14)11-12-5-7-13(15)8-6-12;1-13(2)10-15-7-8-16(13)9-11-3-5-12(14)6-4-11;13-11-6-4-10(5-7-11)9-14-8-2-1-3-12(14)15;7-5-3-1-2-4-6-5;7-4-3-5-1-2-6-4;5*1-2-3-1;2-1(3,4)8(5,6)7;;;;;;;/h5-8H,3-4,9-11H2,1-2H3;3-6,15H,7-10H2,1-2H3;4-7H,1-3,8-9H2;1-4H2,(H,6,7);5H,1-3H2,(H,6,7);5*1-3H2;(H,5,6,7);1H4;1H3;2*1H;;;/q;;;;;;;;;;;;-1;;;+2;+1;-1/p-1. The molecule has 510 valence electrons. The summed E-state index contributed by atoms with van der Waals surface area (Å²) in [4.78, 5) is 38.9. The number of carbonyl (C=O) groups excluding carboxylic acids is 3. The molecule has 10 fully saturated rings. The van der Waals surface area contributed by atoms with E-state index in [2.05, 4.69) is 58.8 Å². The van der Waals surface area contributed by atoms with Crippen LogP contribution >= 0.6 is 12.4 Å². The molecule has 90 heavy (non-hydrogen) atoms. The summed E-state index contributed by atoms with van der Waals surface area (Å²) in [5.41, 5.74) is -1.70. The van der Waals surface area contributed by atoms with Crippen LogP contribution in [0, 0.1) is 24.9 Å². The molecule has 24 heteroatoms. The van der Waals surface area contributed by atoms with Crippen molar-refractivity contribution in [2.24, 2.45) is 0 Å². The number of amides is 3. The van der Waals surface area contributed by atoms with Crippen LogP contribution < -0.4 is 67.8 Å². The first-order chi connectivity index (χ1) is 39.9. The number of nitrogens with zero attached hydrogens (tertiary/aromatic N) is 3. The number of halogens is 8. The van der Waals surface area contributed by atoms with Gasteiger partial charge in [-0.3, -0.25) is 28.7 Å². The Morgan fingerprint density at radius 2 is 0.889 bits per heavy atom. The maximum Gasteiger partial charge on any atom is 2.00 e. The zero-order valence-electron chi connectivity index (χ0n) is 55.4. The molecule has 13 rings (SSSR count). The number of hydrogen-bond acceptors (Lipinski definition) is 9. The summed E-state index contributed by atoms with van der Waals surface area (Å²) in [5, 5.41) is 11.7. The minimum Gasteiger partial charge on any atom is -1.00 e. The monoisotopic (exact) mass is 1400 g/mol. The van der Waals surface area contributed by atoms with Crippen molar-refractivity contribution in [3.8, 4) is 0 Å². The molecule has 5 heterocycles. The smallest absolute Gasteiger partial charge is 1.00 e. The number of likely N-dealkylation sites (tertiary alicyclic amines) is 2. The molecule has 0 unspecified atom stereocenters. The Morgan fingerprint density at radius 1 is 0.511 bits per heavy atom. The number of piperazine rings is 2. The Labute approximate surface area is 594 Å². The average molecular weight is 1410 g/mol. The molecule has 0 aromatic heterocycles. The minimum atomic E-state index is -5.84. The van der Waals surface area contributed by atoms with Gasteiger partial charge in [-0.2, -0.15) is 21.6 Å². The maximum absolute atomic E-state index is 12.8. The van der Waals surface area contributed by atoms with Crippen molar-refractivity contribution in [2.75, 3.05) is 58.9 Å². The number of hydrogen-bond donors (Lipinski definition) is 5. The third kappa shape index (κ3) is 52.2. The number of nitrogens with one attached hydrogen (secondary N) is 4. The van der Waals surface area contributed by atoms with Crippen molar-refractivity contribution in [3.05, 3.63) is 114 Å². The third-order valence-electron chi connectivity index (χ3n) is 13.7. The van der Waals surface area contributed by atoms with Crippen LogP contribution in [0.4, 0.5) is 26.3 Å². The second kappa shape index (κ2) is 53.1. The van der Waals surface area contributed by atoms with Crippen LogP contribution in [0.3, 0.4) is 0 Å². The summed E-state index contributed by atoms with van der Waals surface area (Å²) < 4.78 is 95.8. The van der Waals surface area contributed by atoms with E-state index < -0.39 is 15.6 Å². The summed E-state index contributed by atoms with van der Waals surface area (Å²) in [6, 6.07) is 20.0. The van der Waals surface area contributed by atoms with Crippen LogP contribution in [0.1, 0.15) is 207 Å². The van der Waals surface area contributed by atoms with Gasteiger partial charge < -0.3 is 52.0 Å². The number of carbonyl (C=O) groups is 3. The molecule has 5 aliphatic carbocycles. The van der Waals surface area contributed by atoms with Crippen LogP contribution in [0.5, 0.6) is 0 Å². The van der Waals surface area contributed by atoms with Gasteiger partial charge in [0.2, 0.25) is 17.7 Å². The molecular weight excluding hydrogens is 1300 g/mol.